The number of fused-ring (bicyclic) bond motifs is 1. The second kappa shape index (κ2) is 3.76. The molecule has 2 heteroatoms. The second-order valence-electron chi connectivity index (χ2n) is 5.01. The molecule has 0 saturated heterocycles. The Kier molecular flexibility index (Phi) is 2.46. The van der Waals surface area contributed by atoms with Gasteiger partial charge in [0, 0.05) is 0 Å². The summed E-state index contributed by atoms with van der Waals surface area (Å²) in [6, 6.07) is 8.42. The molecule has 0 spiro atoms. The number of nitrogens with two attached hydrogens (primary N) is 1. The van der Waals surface area contributed by atoms with Gasteiger partial charge in [0.1, 0.15) is 0 Å². The van der Waals surface area contributed by atoms with Crippen LogP contribution in [0.4, 0.5) is 0 Å². The van der Waals surface area contributed by atoms with Gasteiger partial charge in [-0.15, -0.1) is 0 Å². The molecule has 0 fully saturated rings. The monoisotopic (exact) mass is 243 g/mol. The Labute approximate surface area is 108 Å². The summed E-state index contributed by atoms with van der Waals surface area (Å²) in [4.78, 5) is 0. The Bertz CT molecular complexity index is 525. The van der Waals surface area contributed by atoms with E-state index >= 15 is 0 Å². The van der Waals surface area contributed by atoms with E-state index in [2.05, 4.69) is 43.3 Å². The van der Waals surface area contributed by atoms with Gasteiger partial charge in [0.2, 0.25) is 0 Å². The van der Waals surface area contributed by atoms with E-state index in [9.17, 15) is 0 Å². The van der Waals surface area contributed by atoms with Gasteiger partial charge < -0.3 is 5.73 Å². The summed E-state index contributed by atoms with van der Waals surface area (Å²) in [6.07, 6.45) is 6.59. The molecule has 1 nitrogen and oxygen atoms in total. The van der Waals surface area contributed by atoms with Crippen molar-refractivity contribution in [1.29, 1.82) is 0 Å². The van der Waals surface area contributed by atoms with Crippen molar-refractivity contribution in [3.05, 3.63) is 58.7 Å². The lowest BCUT2D eigenvalue weighted by Crippen LogP contribution is -2.32. The Morgan fingerprint density at radius 3 is 2.94 bits per heavy atom. The lowest BCUT2D eigenvalue weighted by molar-refractivity contribution is 0.657. The minimum atomic E-state index is -0.174. The number of allylic oxidation sites excluding steroid dienone is 1. The van der Waals surface area contributed by atoms with Crippen LogP contribution in [0.3, 0.4) is 0 Å². The van der Waals surface area contributed by atoms with E-state index in [0.717, 1.165) is 12.8 Å². The predicted octanol–water partition coefficient (Wildman–Crippen LogP) is 3.49. The van der Waals surface area contributed by atoms with E-state index in [1.807, 2.05) is 0 Å². The van der Waals surface area contributed by atoms with Crippen LogP contribution >= 0.6 is 12.6 Å². The van der Waals surface area contributed by atoms with Crippen molar-refractivity contribution in [2.24, 2.45) is 5.73 Å². The van der Waals surface area contributed by atoms with Crippen molar-refractivity contribution in [1.82, 2.24) is 0 Å². The van der Waals surface area contributed by atoms with Gasteiger partial charge in [-0.3, -0.25) is 0 Å². The maximum absolute atomic E-state index is 6.38. The van der Waals surface area contributed by atoms with Crippen molar-refractivity contribution in [2.75, 3.05) is 0 Å². The molecule has 0 heterocycles. The Hall–Kier alpha value is -0.990. The average Bonchev–Trinajstić information content (AvgIpc) is 2.37. The third-order valence-electron chi connectivity index (χ3n) is 3.95. The van der Waals surface area contributed by atoms with E-state index in [4.69, 9.17) is 18.4 Å². The first-order chi connectivity index (χ1) is 8.12. The summed E-state index contributed by atoms with van der Waals surface area (Å²) in [5.41, 5.74) is 11.5. The van der Waals surface area contributed by atoms with Crippen LogP contribution in [-0.2, 0) is 4.75 Å². The Morgan fingerprint density at radius 1 is 1.35 bits per heavy atom. The highest BCUT2D eigenvalue weighted by molar-refractivity contribution is 7.81. The molecule has 3 rings (SSSR count). The summed E-state index contributed by atoms with van der Waals surface area (Å²) in [5.74, 6) is 0. The summed E-state index contributed by atoms with van der Waals surface area (Å²) in [6.45, 7) is 2.19. The fraction of sp³-hybridized carbons (Fsp3) is 0.333. The van der Waals surface area contributed by atoms with E-state index in [1.165, 1.54) is 22.3 Å². The van der Waals surface area contributed by atoms with E-state index < -0.39 is 0 Å². The molecule has 0 amide bonds. The summed E-state index contributed by atoms with van der Waals surface area (Å²) in [7, 11) is 0. The minimum absolute atomic E-state index is 0.0120. The second-order valence-corrected chi connectivity index (χ2v) is 5.91. The third-order valence-corrected chi connectivity index (χ3v) is 4.46. The van der Waals surface area contributed by atoms with Gasteiger partial charge >= 0.3 is 0 Å². The first-order valence-corrected chi connectivity index (χ1v) is 6.54. The van der Waals surface area contributed by atoms with E-state index in [1.54, 1.807) is 0 Å². The maximum atomic E-state index is 6.38. The van der Waals surface area contributed by atoms with E-state index in [-0.39, 0.29) is 10.8 Å². The molecule has 1 unspecified atom stereocenters. The first-order valence-electron chi connectivity index (χ1n) is 6.10. The largest absolute Gasteiger partial charge is 0.320 e. The highest BCUT2D eigenvalue weighted by Gasteiger charge is 2.38. The summed E-state index contributed by atoms with van der Waals surface area (Å²) in [5, 5.41) is 0. The van der Waals surface area contributed by atoms with Crippen LogP contribution < -0.4 is 5.73 Å². The number of benzene rings is 1. The third kappa shape index (κ3) is 1.51. The van der Waals surface area contributed by atoms with Crippen LogP contribution in [0.5, 0.6) is 0 Å². The quantitative estimate of drug-likeness (QED) is 0.670. The SMILES string of the molecule is C[C@]1(S)C2=C(C=CCC2)C(N)c2ccccc21. The summed E-state index contributed by atoms with van der Waals surface area (Å²) >= 11 is 4.91. The molecule has 1 aromatic carbocycles. The van der Waals surface area contributed by atoms with Gasteiger partial charge in [0.25, 0.3) is 0 Å². The maximum Gasteiger partial charge on any atom is 0.0568 e. The standard InChI is InChI=1S/C15H17NS/c1-15(17)12-8-4-2-6-10(12)14(16)11-7-3-5-9-13(11)15/h2-4,6-8,14,17H,5,9,16H2,1H3/t14?,15-/m1/s1. The molecule has 2 atom stereocenters. The highest BCUT2D eigenvalue weighted by atomic mass is 32.1. The first kappa shape index (κ1) is 11.1. The lowest BCUT2D eigenvalue weighted by atomic mass is 9.73. The molecule has 17 heavy (non-hydrogen) atoms. The zero-order chi connectivity index (χ0) is 12.0. The molecule has 0 aliphatic heterocycles. The molecule has 88 valence electrons. The van der Waals surface area contributed by atoms with Crippen molar-refractivity contribution in [2.45, 2.75) is 30.6 Å². The zero-order valence-electron chi connectivity index (χ0n) is 9.98. The topological polar surface area (TPSA) is 26.0 Å². The van der Waals surface area contributed by atoms with Gasteiger partial charge in [-0.25, -0.2) is 0 Å². The molecular formula is C15H17NS. The van der Waals surface area contributed by atoms with Gasteiger partial charge in [0.15, 0.2) is 0 Å². The molecule has 2 N–H and O–H groups in total. The van der Waals surface area contributed by atoms with Gasteiger partial charge in [0.05, 0.1) is 10.8 Å². The number of hydrogen-bond donors (Lipinski definition) is 2. The van der Waals surface area contributed by atoms with Crippen LogP contribution in [0.1, 0.15) is 36.9 Å². The lowest BCUT2D eigenvalue weighted by Gasteiger charge is -2.40. The van der Waals surface area contributed by atoms with Gasteiger partial charge in [-0.2, -0.15) is 12.6 Å². The Morgan fingerprint density at radius 2 is 2.12 bits per heavy atom. The molecule has 1 aromatic rings. The van der Waals surface area contributed by atoms with Crippen LogP contribution in [0.15, 0.2) is 47.6 Å². The van der Waals surface area contributed by atoms with Crippen molar-refractivity contribution in [3.8, 4) is 0 Å². The predicted molar refractivity (Wildman–Crippen MR) is 75.1 cm³/mol. The highest BCUT2D eigenvalue weighted by Crippen LogP contribution is 2.50. The van der Waals surface area contributed by atoms with Crippen molar-refractivity contribution in [3.63, 3.8) is 0 Å². The Balaban J connectivity index is 2.26. The smallest absolute Gasteiger partial charge is 0.0568 e. The van der Waals surface area contributed by atoms with Crippen molar-refractivity contribution >= 4 is 12.6 Å². The van der Waals surface area contributed by atoms with E-state index in [0.29, 0.717) is 0 Å². The molecule has 0 bridgehead atoms. The van der Waals surface area contributed by atoms with Crippen LogP contribution in [0, 0.1) is 0 Å². The zero-order valence-corrected chi connectivity index (χ0v) is 10.9. The fourth-order valence-electron chi connectivity index (χ4n) is 3.04. The van der Waals surface area contributed by atoms with Gasteiger partial charge in [-0.1, -0.05) is 36.4 Å². The van der Waals surface area contributed by atoms with Crippen LogP contribution in [0.2, 0.25) is 0 Å². The fourth-order valence-corrected chi connectivity index (χ4v) is 3.48. The van der Waals surface area contributed by atoms with Crippen LogP contribution in [-0.4, -0.2) is 0 Å². The number of thiol groups is 1. The van der Waals surface area contributed by atoms with Gasteiger partial charge in [-0.05, 0) is 42.0 Å². The normalized spacial score (nSPS) is 31.1. The molecule has 0 saturated carbocycles. The summed E-state index contributed by atoms with van der Waals surface area (Å²) < 4.78 is -0.174. The molecule has 2 aliphatic rings. The molecule has 0 aromatic heterocycles. The number of hydrogen-bond acceptors (Lipinski definition) is 2. The molecule has 2 aliphatic carbocycles. The molecule has 0 radical (unpaired) electrons. The van der Waals surface area contributed by atoms with Crippen LogP contribution in [0.25, 0.3) is 0 Å². The number of rotatable bonds is 0. The minimum Gasteiger partial charge on any atom is -0.320 e. The molecular weight excluding hydrogens is 226 g/mol. The van der Waals surface area contributed by atoms with Crippen molar-refractivity contribution < 1.29 is 0 Å². The average molecular weight is 243 g/mol.